The van der Waals surface area contributed by atoms with Crippen LogP contribution in [-0.4, -0.2) is 62.0 Å². The minimum absolute atomic E-state index is 0.0376. The van der Waals surface area contributed by atoms with Gasteiger partial charge in [0.15, 0.2) is 0 Å². The number of rotatable bonds is 8. The van der Waals surface area contributed by atoms with Gasteiger partial charge in [0.1, 0.15) is 12.4 Å². The van der Waals surface area contributed by atoms with E-state index in [0.29, 0.717) is 24.3 Å². The predicted molar refractivity (Wildman–Crippen MR) is 111 cm³/mol. The van der Waals surface area contributed by atoms with Crippen molar-refractivity contribution in [2.24, 2.45) is 11.8 Å². The zero-order valence-electron chi connectivity index (χ0n) is 17.8. The highest BCUT2D eigenvalue weighted by Crippen LogP contribution is 2.53. The Bertz CT molecular complexity index is 750. The minimum atomic E-state index is -0.257. The Labute approximate surface area is 173 Å². The highest BCUT2D eigenvalue weighted by Gasteiger charge is 2.53. The van der Waals surface area contributed by atoms with Gasteiger partial charge in [0.2, 0.25) is 0 Å². The molecule has 0 spiro atoms. The van der Waals surface area contributed by atoms with E-state index in [4.69, 9.17) is 9.47 Å². The van der Waals surface area contributed by atoms with Gasteiger partial charge in [0, 0.05) is 25.7 Å². The first kappa shape index (κ1) is 20.6. The maximum atomic E-state index is 12.2. The summed E-state index contributed by atoms with van der Waals surface area (Å²) >= 11 is 0. The van der Waals surface area contributed by atoms with Crippen LogP contribution < -0.4 is 5.32 Å². The fourth-order valence-electron chi connectivity index (χ4n) is 5.38. The number of esters is 1. The lowest BCUT2D eigenvalue weighted by Gasteiger charge is -2.57. The largest absolute Gasteiger partial charge is 0.508 e. The van der Waals surface area contributed by atoms with Crippen LogP contribution in [0.1, 0.15) is 50.3 Å². The number of phenols is 1. The molecule has 4 rings (SSSR count). The van der Waals surface area contributed by atoms with Crippen LogP contribution in [0.5, 0.6) is 5.75 Å². The molecule has 2 fully saturated rings. The van der Waals surface area contributed by atoms with Gasteiger partial charge in [-0.25, -0.2) is 0 Å². The molecule has 2 unspecified atom stereocenters. The Morgan fingerprint density at radius 2 is 2.14 bits per heavy atom. The summed E-state index contributed by atoms with van der Waals surface area (Å²) in [6.45, 7) is 7.74. The predicted octanol–water partition coefficient (Wildman–Crippen LogP) is 2.60. The summed E-state index contributed by atoms with van der Waals surface area (Å²) in [5.41, 5.74) is 2.46. The quantitative estimate of drug-likeness (QED) is 0.515. The SMILES string of the molecule is COCCOC(=O)CNC1c2ccc(O)cc2C2(C)CCN(CC3CC3)[C@H]1[C@@H]2C. The van der Waals surface area contributed by atoms with E-state index in [0.717, 1.165) is 25.4 Å². The molecule has 1 aromatic carbocycles. The molecule has 6 heteroatoms. The number of nitrogens with one attached hydrogen (secondary N) is 1. The molecule has 1 saturated carbocycles. The molecule has 1 saturated heterocycles. The van der Waals surface area contributed by atoms with Gasteiger partial charge in [-0.15, -0.1) is 0 Å². The Balaban J connectivity index is 1.60. The summed E-state index contributed by atoms with van der Waals surface area (Å²) in [5, 5.41) is 13.7. The molecule has 4 atom stereocenters. The van der Waals surface area contributed by atoms with E-state index in [1.165, 1.54) is 24.0 Å². The third-order valence-electron chi connectivity index (χ3n) is 7.39. The van der Waals surface area contributed by atoms with Crippen molar-refractivity contribution in [1.82, 2.24) is 10.2 Å². The van der Waals surface area contributed by atoms with Crippen molar-refractivity contribution in [3.63, 3.8) is 0 Å². The van der Waals surface area contributed by atoms with Crippen molar-refractivity contribution in [2.45, 2.75) is 50.6 Å². The minimum Gasteiger partial charge on any atom is -0.508 e. The first-order valence-electron chi connectivity index (χ1n) is 10.9. The van der Waals surface area contributed by atoms with Crippen LogP contribution in [0.3, 0.4) is 0 Å². The number of ether oxygens (including phenoxy) is 2. The molecular weight excluding hydrogens is 368 g/mol. The molecule has 0 radical (unpaired) electrons. The molecule has 1 heterocycles. The topological polar surface area (TPSA) is 71.0 Å². The van der Waals surface area contributed by atoms with Crippen LogP contribution in [0.15, 0.2) is 18.2 Å². The molecule has 1 aromatic rings. The van der Waals surface area contributed by atoms with Crippen LogP contribution in [0, 0.1) is 11.8 Å². The lowest BCUT2D eigenvalue weighted by molar-refractivity contribution is -0.144. The maximum Gasteiger partial charge on any atom is 0.320 e. The highest BCUT2D eigenvalue weighted by molar-refractivity contribution is 5.71. The number of likely N-dealkylation sites (tertiary alicyclic amines) is 1. The molecule has 2 N–H and O–H groups in total. The van der Waals surface area contributed by atoms with Gasteiger partial charge >= 0.3 is 5.97 Å². The van der Waals surface area contributed by atoms with Gasteiger partial charge in [-0.1, -0.05) is 19.9 Å². The second-order valence-corrected chi connectivity index (χ2v) is 9.23. The Hall–Kier alpha value is -1.63. The number of phenolic OH excluding ortho intramolecular Hbond substituents is 1. The summed E-state index contributed by atoms with van der Waals surface area (Å²) in [6, 6.07) is 6.12. The smallest absolute Gasteiger partial charge is 0.320 e. The summed E-state index contributed by atoms with van der Waals surface area (Å²) in [6.07, 6.45) is 3.77. The molecule has 160 valence electrons. The van der Waals surface area contributed by atoms with Crippen LogP contribution in [0.4, 0.5) is 0 Å². The van der Waals surface area contributed by atoms with Crippen LogP contribution >= 0.6 is 0 Å². The second kappa shape index (κ2) is 8.25. The zero-order chi connectivity index (χ0) is 20.6. The lowest BCUT2D eigenvalue weighted by Crippen LogP contribution is -2.62. The molecule has 3 aliphatic rings. The molecule has 1 aliphatic heterocycles. The summed E-state index contributed by atoms with van der Waals surface area (Å²) in [4.78, 5) is 14.9. The van der Waals surface area contributed by atoms with E-state index >= 15 is 0 Å². The van der Waals surface area contributed by atoms with Crippen molar-refractivity contribution in [3.8, 4) is 5.75 Å². The first-order chi connectivity index (χ1) is 13.9. The number of piperidine rings is 1. The summed E-state index contributed by atoms with van der Waals surface area (Å²) in [7, 11) is 1.59. The van der Waals surface area contributed by atoms with Crippen LogP contribution in [0.2, 0.25) is 0 Å². The summed E-state index contributed by atoms with van der Waals surface area (Å²) < 4.78 is 10.2. The highest BCUT2D eigenvalue weighted by atomic mass is 16.6. The first-order valence-corrected chi connectivity index (χ1v) is 10.9. The number of carbonyl (C=O) groups is 1. The molecular formula is C23H34N2O4. The molecule has 6 nitrogen and oxygen atoms in total. The lowest BCUT2D eigenvalue weighted by atomic mass is 9.57. The number of hydrogen-bond acceptors (Lipinski definition) is 6. The third-order valence-corrected chi connectivity index (χ3v) is 7.39. The molecule has 0 amide bonds. The molecule has 2 bridgehead atoms. The average Bonchev–Trinajstić information content (AvgIpc) is 3.51. The van der Waals surface area contributed by atoms with Gasteiger partial charge in [-0.3, -0.25) is 15.0 Å². The Kier molecular flexibility index (Phi) is 5.87. The fraction of sp³-hybridized carbons (Fsp3) is 0.696. The number of hydrogen-bond donors (Lipinski definition) is 2. The summed E-state index contributed by atoms with van der Waals surface area (Å²) in [5.74, 6) is 1.31. The van der Waals surface area contributed by atoms with E-state index in [2.05, 4.69) is 24.1 Å². The van der Waals surface area contributed by atoms with E-state index in [1.807, 2.05) is 12.1 Å². The molecule has 0 aromatic heterocycles. The second-order valence-electron chi connectivity index (χ2n) is 9.23. The number of fused-ring (bicyclic) bond motifs is 4. The van der Waals surface area contributed by atoms with E-state index in [1.54, 1.807) is 13.2 Å². The normalized spacial score (nSPS) is 31.3. The van der Waals surface area contributed by atoms with Gasteiger partial charge in [-0.05, 0) is 66.3 Å². The number of nitrogens with zero attached hydrogens (tertiary/aromatic N) is 1. The number of carbonyl (C=O) groups excluding carboxylic acids is 1. The third kappa shape index (κ3) is 4.03. The van der Waals surface area contributed by atoms with Crippen molar-refractivity contribution in [1.29, 1.82) is 0 Å². The zero-order valence-corrected chi connectivity index (χ0v) is 17.8. The number of benzene rings is 1. The Morgan fingerprint density at radius 1 is 1.34 bits per heavy atom. The molecule has 29 heavy (non-hydrogen) atoms. The van der Waals surface area contributed by atoms with Crippen molar-refractivity contribution >= 4 is 5.97 Å². The van der Waals surface area contributed by atoms with E-state index in [9.17, 15) is 9.90 Å². The van der Waals surface area contributed by atoms with Gasteiger partial charge in [0.05, 0.1) is 13.2 Å². The van der Waals surface area contributed by atoms with Crippen LogP contribution in [0.25, 0.3) is 0 Å². The Morgan fingerprint density at radius 3 is 2.86 bits per heavy atom. The standard InChI is InChI=1S/C23H34N2O4/c1-15-22-21(24-13-20(27)29-11-10-28-3)18-7-6-17(26)12-19(18)23(15,2)8-9-25(22)14-16-4-5-16/h6-7,12,15-16,21-22,24,26H,4-5,8-11,13-14H2,1-3H3/t15-,21?,22-,23?/m0/s1. The average molecular weight is 403 g/mol. The monoisotopic (exact) mass is 402 g/mol. The van der Waals surface area contributed by atoms with Crippen molar-refractivity contribution in [2.75, 3.05) is 40.0 Å². The number of aromatic hydroxyl groups is 1. The number of methoxy groups -OCH3 is 1. The maximum absolute atomic E-state index is 12.2. The fourth-order valence-corrected chi connectivity index (χ4v) is 5.38. The van der Waals surface area contributed by atoms with Gasteiger partial charge in [0.25, 0.3) is 0 Å². The molecule has 2 aliphatic carbocycles. The van der Waals surface area contributed by atoms with Gasteiger partial charge < -0.3 is 14.6 Å². The van der Waals surface area contributed by atoms with E-state index < -0.39 is 0 Å². The van der Waals surface area contributed by atoms with E-state index in [-0.39, 0.29) is 30.6 Å². The van der Waals surface area contributed by atoms with Crippen LogP contribution in [-0.2, 0) is 19.7 Å². The van der Waals surface area contributed by atoms with Crippen molar-refractivity contribution < 1.29 is 19.4 Å². The van der Waals surface area contributed by atoms with Gasteiger partial charge in [-0.2, -0.15) is 0 Å². The van der Waals surface area contributed by atoms with Crippen molar-refractivity contribution in [3.05, 3.63) is 29.3 Å².